The summed E-state index contributed by atoms with van der Waals surface area (Å²) in [5.74, 6) is -0.560. The van der Waals surface area contributed by atoms with E-state index in [1.54, 1.807) is 6.92 Å². The Kier molecular flexibility index (Phi) is 4.71. The summed E-state index contributed by atoms with van der Waals surface area (Å²) in [6, 6.07) is 14.1. The molecular formula is C16H17NO3. The highest BCUT2D eigenvalue weighted by atomic mass is 16.5. The van der Waals surface area contributed by atoms with Gasteiger partial charge in [0.2, 0.25) is 0 Å². The van der Waals surface area contributed by atoms with Crippen molar-refractivity contribution in [3.63, 3.8) is 0 Å². The summed E-state index contributed by atoms with van der Waals surface area (Å²) in [6.07, 6.45) is 0.975. The maximum atomic E-state index is 11.5. The summed E-state index contributed by atoms with van der Waals surface area (Å²) < 4.78 is 4.84. The number of fused-ring (bicyclic) bond motifs is 1. The van der Waals surface area contributed by atoms with E-state index in [4.69, 9.17) is 9.94 Å². The van der Waals surface area contributed by atoms with Gasteiger partial charge >= 0.3 is 5.97 Å². The first-order valence-electron chi connectivity index (χ1n) is 6.61. The van der Waals surface area contributed by atoms with Gasteiger partial charge in [0.05, 0.1) is 6.61 Å². The first-order chi connectivity index (χ1) is 9.76. The van der Waals surface area contributed by atoms with Gasteiger partial charge in [0.25, 0.3) is 0 Å². The van der Waals surface area contributed by atoms with Gasteiger partial charge in [0, 0.05) is 6.42 Å². The standard InChI is InChI=1S/C16H17NO3/c1-2-20-16(18)15(17-19)11-10-13-8-5-7-12-6-3-4-9-14(12)13/h3-9,19H,2,10-11H2,1H3/b17-15-. The monoisotopic (exact) mass is 271 g/mol. The highest BCUT2D eigenvalue weighted by molar-refractivity contribution is 6.36. The Balaban J connectivity index is 2.15. The molecule has 2 rings (SSSR count). The maximum Gasteiger partial charge on any atom is 0.356 e. The van der Waals surface area contributed by atoms with Crippen LogP contribution in [0, 0.1) is 0 Å². The molecule has 0 radical (unpaired) electrons. The Morgan fingerprint density at radius 2 is 1.95 bits per heavy atom. The van der Waals surface area contributed by atoms with Crippen LogP contribution >= 0.6 is 0 Å². The number of nitrogens with zero attached hydrogens (tertiary/aromatic N) is 1. The Morgan fingerprint density at radius 3 is 2.70 bits per heavy atom. The Bertz CT molecular complexity index is 629. The fraction of sp³-hybridized carbons (Fsp3) is 0.250. The molecule has 0 amide bonds. The normalized spacial score (nSPS) is 11.6. The Hall–Kier alpha value is -2.36. The zero-order chi connectivity index (χ0) is 14.4. The third kappa shape index (κ3) is 3.15. The largest absolute Gasteiger partial charge is 0.461 e. The smallest absolute Gasteiger partial charge is 0.356 e. The molecule has 0 aliphatic heterocycles. The molecule has 0 bridgehead atoms. The van der Waals surface area contributed by atoms with E-state index in [1.807, 2.05) is 42.5 Å². The SMILES string of the molecule is CCOC(=O)/C(CCc1cccc2ccccc12)=N\O. The van der Waals surface area contributed by atoms with Crippen molar-refractivity contribution in [2.24, 2.45) is 5.16 Å². The topological polar surface area (TPSA) is 58.9 Å². The lowest BCUT2D eigenvalue weighted by molar-refractivity contribution is -0.135. The number of ether oxygens (including phenoxy) is 1. The predicted octanol–water partition coefficient (Wildman–Crippen LogP) is 3.17. The van der Waals surface area contributed by atoms with Crippen molar-refractivity contribution in [3.05, 3.63) is 48.0 Å². The summed E-state index contributed by atoms with van der Waals surface area (Å²) in [4.78, 5) is 11.5. The summed E-state index contributed by atoms with van der Waals surface area (Å²) in [6.45, 7) is 1.99. The molecule has 0 saturated heterocycles. The van der Waals surface area contributed by atoms with Crippen molar-refractivity contribution in [1.82, 2.24) is 0 Å². The molecular weight excluding hydrogens is 254 g/mol. The molecule has 4 nitrogen and oxygen atoms in total. The number of benzene rings is 2. The second kappa shape index (κ2) is 6.70. The number of carbonyl (C=O) groups is 1. The summed E-state index contributed by atoms with van der Waals surface area (Å²) in [7, 11) is 0. The number of aryl methyl sites for hydroxylation is 1. The molecule has 4 heteroatoms. The second-order valence-corrected chi connectivity index (χ2v) is 4.41. The molecule has 104 valence electrons. The number of esters is 1. The molecule has 0 aliphatic carbocycles. The summed E-state index contributed by atoms with van der Waals surface area (Å²) >= 11 is 0. The van der Waals surface area contributed by atoms with E-state index in [-0.39, 0.29) is 12.3 Å². The van der Waals surface area contributed by atoms with Crippen molar-refractivity contribution >= 4 is 22.5 Å². The van der Waals surface area contributed by atoms with Gasteiger partial charge in [-0.05, 0) is 29.7 Å². The van der Waals surface area contributed by atoms with E-state index in [2.05, 4.69) is 5.16 Å². The lowest BCUT2D eigenvalue weighted by atomic mass is 10.00. The summed E-state index contributed by atoms with van der Waals surface area (Å²) in [5, 5.41) is 14.3. The van der Waals surface area contributed by atoms with Crippen molar-refractivity contribution in [3.8, 4) is 0 Å². The average Bonchev–Trinajstić information content (AvgIpc) is 2.48. The lowest BCUT2D eigenvalue weighted by Crippen LogP contribution is -2.18. The number of carbonyl (C=O) groups excluding carboxylic acids is 1. The first kappa shape index (κ1) is 14.1. The van der Waals surface area contributed by atoms with Crippen LogP contribution in [0.1, 0.15) is 18.9 Å². The van der Waals surface area contributed by atoms with Crippen LogP contribution in [-0.4, -0.2) is 23.5 Å². The molecule has 0 aliphatic rings. The minimum atomic E-state index is -0.560. The van der Waals surface area contributed by atoms with Crippen LogP contribution < -0.4 is 0 Å². The van der Waals surface area contributed by atoms with Gasteiger partial charge < -0.3 is 9.94 Å². The molecule has 2 aromatic rings. The predicted molar refractivity (Wildman–Crippen MR) is 78.1 cm³/mol. The van der Waals surface area contributed by atoms with Gasteiger partial charge in [-0.1, -0.05) is 47.6 Å². The van der Waals surface area contributed by atoms with Crippen LogP contribution in [0.15, 0.2) is 47.6 Å². The van der Waals surface area contributed by atoms with E-state index >= 15 is 0 Å². The fourth-order valence-corrected chi connectivity index (χ4v) is 2.17. The van der Waals surface area contributed by atoms with E-state index in [0.29, 0.717) is 12.8 Å². The average molecular weight is 271 g/mol. The van der Waals surface area contributed by atoms with E-state index < -0.39 is 5.97 Å². The first-order valence-corrected chi connectivity index (χ1v) is 6.61. The molecule has 0 atom stereocenters. The Labute approximate surface area is 117 Å². The van der Waals surface area contributed by atoms with Crippen molar-refractivity contribution in [2.45, 2.75) is 19.8 Å². The molecule has 1 N–H and O–H groups in total. The highest BCUT2D eigenvalue weighted by Crippen LogP contribution is 2.19. The van der Waals surface area contributed by atoms with Crippen LogP contribution in [0.3, 0.4) is 0 Å². The van der Waals surface area contributed by atoms with Crippen molar-refractivity contribution in [2.75, 3.05) is 6.61 Å². The van der Waals surface area contributed by atoms with Crippen LogP contribution in [0.25, 0.3) is 10.8 Å². The van der Waals surface area contributed by atoms with Gasteiger partial charge in [-0.3, -0.25) is 0 Å². The zero-order valence-electron chi connectivity index (χ0n) is 11.4. The maximum absolute atomic E-state index is 11.5. The van der Waals surface area contributed by atoms with Crippen LogP contribution in [-0.2, 0) is 16.0 Å². The number of hydrogen-bond acceptors (Lipinski definition) is 4. The molecule has 0 saturated carbocycles. The quantitative estimate of drug-likeness (QED) is 0.393. The summed E-state index contributed by atoms with van der Waals surface area (Å²) in [5.41, 5.74) is 1.17. The molecule has 0 heterocycles. The van der Waals surface area contributed by atoms with E-state index in [0.717, 1.165) is 16.3 Å². The second-order valence-electron chi connectivity index (χ2n) is 4.41. The van der Waals surface area contributed by atoms with Crippen LogP contribution in [0.2, 0.25) is 0 Å². The lowest BCUT2D eigenvalue weighted by Gasteiger charge is -2.07. The number of rotatable bonds is 5. The van der Waals surface area contributed by atoms with Crippen molar-refractivity contribution < 1.29 is 14.7 Å². The van der Waals surface area contributed by atoms with Gasteiger partial charge in [-0.2, -0.15) is 0 Å². The minimum Gasteiger partial charge on any atom is -0.461 e. The van der Waals surface area contributed by atoms with Gasteiger partial charge in [-0.25, -0.2) is 4.79 Å². The fourth-order valence-electron chi connectivity index (χ4n) is 2.17. The van der Waals surface area contributed by atoms with Gasteiger partial charge in [-0.15, -0.1) is 0 Å². The minimum absolute atomic E-state index is 0.0554. The molecule has 0 unspecified atom stereocenters. The molecule has 0 spiro atoms. The number of oxime groups is 1. The third-order valence-electron chi connectivity index (χ3n) is 3.14. The zero-order valence-corrected chi connectivity index (χ0v) is 11.4. The Morgan fingerprint density at radius 1 is 1.20 bits per heavy atom. The highest BCUT2D eigenvalue weighted by Gasteiger charge is 2.13. The molecule has 0 fully saturated rings. The molecule has 20 heavy (non-hydrogen) atoms. The van der Waals surface area contributed by atoms with Crippen LogP contribution in [0.5, 0.6) is 0 Å². The number of hydrogen-bond donors (Lipinski definition) is 1. The molecule has 2 aromatic carbocycles. The van der Waals surface area contributed by atoms with Gasteiger partial charge in [0.1, 0.15) is 0 Å². The van der Waals surface area contributed by atoms with Gasteiger partial charge in [0.15, 0.2) is 5.71 Å². The van der Waals surface area contributed by atoms with E-state index in [1.165, 1.54) is 0 Å². The van der Waals surface area contributed by atoms with E-state index in [9.17, 15) is 4.79 Å². The molecule has 0 aromatic heterocycles. The van der Waals surface area contributed by atoms with Crippen molar-refractivity contribution in [1.29, 1.82) is 0 Å². The van der Waals surface area contributed by atoms with Crippen LogP contribution in [0.4, 0.5) is 0 Å². The third-order valence-corrected chi connectivity index (χ3v) is 3.14.